The van der Waals surface area contributed by atoms with E-state index in [4.69, 9.17) is 5.73 Å². The summed E-state index contributed by atoms with van der Waals surface area (Å²) in [5.74, 6) is -0.606. The molecule has 0 radical (unpaired) electrons. The smallest absolute Gasteiger partial charge is 0.248 e. The number of likely N-dealkylation sites (N-methyl/N-ethyl adjacent to an activating group) is 1. The number of primary amides is 1. The average Bonchev–Trinajstić information content (AvgIpc) is 2.56. The van der Waals surface area contributed by atoms with Crippen LogP contribution in [-0.2, 0) is 11.3 Å². The van der Waals surface area contributed by atoms with Crippen molar-refractivity contribution in [1.82, 2.24) is 4.90 Å². The summed E-state index contributed by atoms with van der Waals surface area (Å²) in [5, 5.41) is 2.84. The zero-order chi connectivity index (χ0) is 17.7. The van der Waals surface area contributed by atoms with Crippen LogP contribution in [0.5, 0.6) is 0 Å². The molecule has 0 bridgehead atoms. The van der Waals surface area contributed by atoms with Crippen LogP contribution in [0.2, 0.25) is 0 Å². The molecule has 126 valence electrons. The van der Waals surface area contributed by atoms with E-state index in [-0.39, 0.29) is 11.9 Å². The summed E-state index contributed by atoms with van der Waals surface area (Å²) < 4.78 is 1.02. The number of hydrogen-bond acceptors (Lipinski definition) is 3. The number of rotatable bonds is 6. The van der Waals surface area contributed by atoms with Gasteiger partial charge < -0.3 is 11.1 Å². The van der Waals surface area contributed by atoms with Crippen LogP contribution in [0, 0.1) is 0 Å². The molecule has 0 aliphatic rings. The van der Waals surface area contributed by atoms with Crippen LogP contribution >= 0.6 is 15.9 Å². The molecule has 3 N–H and O–H groups in total. The van der Waals surface area contributed by atoms with E-state index in [2.05, 4.69) is 21.2 Å². The molecule has 0 aliphatic heterocycles. The minimum atomic E-state index is -0.491. The fourth-order valence-corrected chi connectivity index (χ4v) is 2.61. The van der Waals surface area contributed by atoms with Gasteiger partial charge in [0, 0.05) is 22.3 Å². The topological polar surface area (TPSA) is 75.4 Å². The summed E-state index contributed by atoms with van der Waals surface area (Å²) in [7, 11) is 1.90. The summed E-state index contributed by atoms with van der Waals surface area (Å²) in [5.41, 5.74) is 7.36. The van der Waals surface area contributed by atoms with E-state index < -0.39 is 5.91 Å². The van der Waals surface area contributed by atoms with Gasteiger partial charge in [-0.05, 0) is 49.9 Å². The molecule has 0 saturated heterocycles. The fourth-order valence-electron chi connectivity index (χ4n) is 2.20. The molecule has 2 aromatic rings. The molecule has 5 nitrogen and oxygen atoms in total. The second kappa shape index (κ2) is 8.08. The van der Waals surface area contributed by atoms with E-state index in [1.165, 1.54) is 0 Å². The number of anilines is 1. The van der Waals surface area contributed by atoms with Crippen LogP contribution in [0.3, 0.4) is 0 Å². The van der Waals surface area contributed by atoms with Crippen LogP contribution in [0.15, 0.2) is 53.0 Å². The lowest BCUT2D eigenvalue weighted by Gasteiger charge is -2.24. The molecule has 2 rings (SSSR count). The lowest BCUT2D eigenvalue weighted by molar-refractivity contribution is -0.120. The Hall–Kier alpha value is -2.18. The van der Waals surface area contributed by atoms with Crippen molar-refractivity contribution in [2.45, 2.75) is 19.5 Å². The van der Waals surface area contributed by atoms with Crippen molar-refractivity contribution in [3.63, 3.8) is 0 Å². The fraction of sp³-hybridized carbons (Fsp3) is 0.222. The van der Waals surface area contributed by atoms with Gasteiger partial charge >= 0.3 is 0 Å². The highest BCUT2D eigenvalue weighted by atomic mass is 79.9. The van der Waals surface area contributed by atoms with Crippen molar-refractivity contribution in [2.24, 2.45) is 5.73 Å². The van der Waals surface area contributed by atoms with Crippen molar-refractivity contribution in [3.05, 3.63) is 64.1 Å². The average molecular weight is 390 g/mol. The molecule has 24 heavy (non-hydrogen) atoms. The number of carbonyl (C=O) groups is 2. The molecule has 0 spiro atoms. The molecular formula is C18H20BrN3O2. The normalized spacial score (nSPS) is 12.0. The first-order valence-corrected chi connectivity index (χ1v) is 8.32. The maximum Gasteiger partial charge on any atom is 0.248 e. The number of hydrogen-bond donors (Lipinski definition) is 2. The number of amides is 2. The number of nitrogens with two attached hydrogens (primary N) is 1. The quantitative estimate of drug-likeness (QED) is 0.796. The lowest BCUT2D eigenvalue weighted by Crippen LogP contribution is -2.39. The predicted molar refractivity (Wildman–Crippen MR) is 98.7 cm³/mol. The standard InChI is InChI=1S/C18H20BrN3O2/c1-12(22(2)11-14-5-3-4-6-16(14)19)18(24)21-15-9-7-13(8-10-15)17(20)23/h3-10,12H,11H2,1-2H3,(H2,20,23)(H,21,24)/t12-/m1/s1. The first-order valence-electron chi connectivity index (χ1n) is 7.53. The van der Waals surface area contributed by atoms with Gasteiger partial charge in [-0.25, -0.2) is 0 Å². The second-order valence-corrected chi connectivity index (χ2v) is 6.47. The van der Waals surface area contributed by atoms with Gasteiger partial charge in [0.05, 0.1) is 6.04 Å². The molecule has 1 atom stereocenters. The Kier molecular flexibility index (Phi) is 6.11. The summed E-state index contributed by atoms with van der Waals surface area (Å²) in [6.45, 7) is 2.50. The highest BCUT2D eigenvalue weighted by molar-refractivity contribution is 9.10. The van der Waals surface area contributed by atoms with Crippen LogP contribution < -0.4 is 11.1 Å². The Balaban J connectivity index is 1.98. The predicted octanol–water partition coefficient (Wildman–Crippen LogP) is 3.01. The summed E-state index contributed by atoms with van der Waals surface area (Å²) in [6, 6.07) is 14.1. The Morgan fingerprint density at radius 1 is 1.17 bits per heavy atom. The highest BCUT2D eigenvalue weighted by Crippen LogP contribution is 2.18. The van der Waals surface area contributed by atoms with Crippen LogP contribution in [0.25, 0.3) is 0 Å². The third-order valence-corrected chi connectivity index (χ3v) is 4.63. The number of benzene rings is 2. The van der Waals surface area contributed by atoms with Gasteiger partial charge in [0.2, 0.25) is 11.8 Å². The number of nitrogens with one attached hydrogen (secondary N) is 1. The Morgan fingerprint density at radius 2 is 1.79 bits per heavy atom. The molecule has 0 heterocycles. The van der Waals surface area contributed by atoms with Crippen molar-refractivity contribution in [3.8, 4) is 0 Å². The van der Waals surface area contributed by atoms with E-state index in [0.717, 1.165) is 10.0 Å². The van der Waals surface area contributed by atoms with Crippen LogP contribution in [0.4, 0.5) is 5.69 Å². The van der Waals surface area contributed by atoms with Gasteiger partial charge in [0.15, 0.2) is 0 Å². The Morgan fingerprint density at radius 3 is 2.38 bits per heavy atom. The number of halogens is 1. The second-order valence-electron chi connectivity index (χ2n) is 5.61. The molecule has 2 amide bonds. The van der Waals surface area contributed by atoms with E-state index >= 15 is 0 Å². The molecule has 0 aliphatic carbocycles. The maximum atomic E-state index is 12.4. The van der Waals surface area contributed by atoms with E-state index in [1.54, 1.807) is 24.3 Å². The minimum Gasteiger partial charge on any atom is -0.366 e. The van der Waals surface area contributed by atoms with E-state index in [0.29, 0.717) is 17.8 Å². The molecule has 0 unspecified atom stereocenters. The molecule has 0 saturated carbocycles. The minimum absolute atomic E-state index is 0.114. The van der Waals surface area contributed by atoms with Crippen molar-refractivity contribution in [1.29, 1.82) is 0 Å². The van der Waals surface area contributed by atoms with Crippen molar-refractivity contribution >= 4 is 33.4 Å². The molecule has 0 aromatic heterocycles. The third kappa shape index (κ3) is 4.66. The SMILES string of the molecule is C[C@H](C(=O)Nc1ccc(C(N)=O)cc1)N(C)Cc1ccccc1Br. The zero-order valence-electron chi connectivity index (χ0n) is 13.6. The summed E-state index contributed by atoms with van der Waals surface area (Å²) in [4.78, 5) is 25.4. The number of nitrogens with zero attached hydrogens (tertiary/aromatic N) is 1. The molecule has 6 heteroatoms. The number of carbonyl (C=O) groups excluding carboxylic acids is 2. The maximum absolute atomic E-state index is 12.4. The van der Waals surface area contributed by atoms with E-state index in [9.17, 15) is 9.59 Å². The summed E-state index contributed by atoms with van der Waals surface area (Å²) in [6.07, 6.45) is 0. The van der Waals surface area contributed by atoms with Gasteiger partial charge in [-0.2, -0.15) is 0 Å². The first-order chi connectivity index (χ1) is 11.4. The monoisotopic (exact) mass is 389 g/mol. The first kappa shape index (κ1) is 18.2. The van der Waals surface area contributed by atoms with Gasteiger partial charge in [0.1, 0.15) is 0 Å². The summed E-state index contributed by atoms with van der Waals surface area (Å²) >= 11 is 3.52. The Labute approximate surface area is 150 Å². The van der Waals surface area contributed by atoms with Gasteiger partial charge in [0.25, 0.3) is 0 Å². The van der Waals surface area contributed by atoms with Crippen LogP contribution in [-0.4, -0.2) is 29.8 Å². The lowest BCUT2D eigenvalue weighted by atomic mass is 10.1. The van der Waals surface area contributed by atoms with Gasteiger partial charge in [-0.1, -0.05) is 34.1 Å². The van der Waals surface area contributed by atoms with E-state index in [1.807, 2.05) is 43.1 Å². The van der Waals surface area contributed by atoms with Gasteiger partial charge in [-0.15, -0.1) is 0 Å². The van der Waals surface area contributed by atoms with Gasteiger partial charge in [-0.3, -0.25) is 14.5 Å². The largest absolute Gasteiger partial charge is 0.366 e. The zero-order valence-corrected chi connectivity index (χ0v) is 15.2. The van der Waals surface area contributed by atoms with Crippen molar-refractivity contribution < 1.29 is 9.59 Å². The highest BCUT2D eigenvalue weighted by Gasteiger charge is 2.19. The third-order valence-electron chi connectivity index (χ3n) is 3.86. The van der Waals surface area contributed by atoms with Crippen molar-refractivity contribution in [2.75, 3.05) is 12.4 Å². The molecule has 2 aromatic carbocycles. The van der Waals surface area contributed by atoms with Crippen LogP contribution in [0.1, 0.15) is 22.8 Å². The molecule has 0 fully saturated rings. The molecular weight excluding hydrogens is 370 g/mol. The Bertz CT molecular complexity index is 731.